The van der Waals surface area contributed by atoms with Gasteiger partial charge in [-0.15, -0.1) is 0 Å². The maximum Gasteiger partial charge on any atom is 0.339 e. The molecule has 0 atom stereocenters. The summed E-state index contributed by atoms with van der Waals surface area (Å²) in [7, 11) is 0. The fraction of sp³-hybridized carbons (Fsp3) is 0.400. The van der Waals surface area contributed by atoms with Gasteiger partial charge in [0.2, 0.25) is 0 Å². The number of carboxylic acids is 1. The molecule has 8 nitrogen and oxygen atoms in total. The van der Waals surface area contributed by atoms with Crippen LogP contribution in [0.5, 0.6) is 0 Å². The van der Waals surface area contributed by atoms with Gasteiger partial charge in [0.15, 0.2) is 0 Å². The fourth-order valence-corrected chi connectivity index (χ4v) is 1.53. The van der Waals surface area contributed by atoms with Gasteiger partial charge in [-0.2, -0.15) is 0 Å². The number of nitrogens with zero attached hydrogens (tertiary/aromatic N) is 3. The summed E-state index contributed by atoms with van der Waals surface area (Å²) in [4.78, 5) is 25.2. The Balaban J connectivity index is 3.25. The van der Waals surface area contributed by atoms with Crippen LogP contribution < -0.4 is 4.90 Å². The Kier molecular flexibility index (Phi) is 5.26. The fourth-order valence-electron chi connectivity index (χ4n) is 1.53. The number of rotatable bonds is 7. The summed E-state index contributed by atoms with van der Waals surface area (Å²) in [6.07, 6.45) is -2.00. The molecule has 0 amide bonds. The van der Waals surface area contributed by atoms with Crippen molar-refractivity contribution in [3.8, 4) is 0 Å². The third-order valence-corrected chi connectivity index (χ3v) is 2.32. The van der Waals surface area contributed by atoms with Crippen LogP contribution in [0.3, 0.4) is 0 Å². The number of halogens is 2. The van der Waals surface area contributed by atoms with E-state index in [9.17, 15) is 23.7 Å². The smallest absolute Gasteiger partial charge is 0.339 e. The number of alkyl halides is 2. The Morgan fingerprint density at radius 2 is 2.20 bits per heavy atom. The molecule has 20 heavy (non-hydrogen) atoms. The Bertz CT molecular complexity index is 512. The van der Waals surface area contributed by atoms with Gasteiger partial charge in [-0.3, -0.25) is 10.1 Å². The molecule has 0 aliphatic rings. The molecule has 1 heterocycles. The number of aromatic carboxylic acids is 1. The predicted molar refractivity (Wildman–Crippen MR) is 63.2 cm³/mol. The van der Waals surface area contributed by atoms with Crippen LogP contribution >= 0.6 is 0 Å². The van der Waals surface area contributed by atoms with Gasteiger partial charge in [-0.1, -0.05) is 0 Å². The molecule has 0 aliphatic carbocycles. The lowest BCUT2D eigenvalue weighted by Gasteiger charge is -2.23. The topological polar surface area (TPSA) is 117 Å². The quantitative estimate of drug-likeness (QED) is 0.562. The lowest BCUT2D eigenvalue weighted by atomic mass is 10.2. The lowest BCUT2D eigenvalue weighted by molar-refractivity contribution is -0.385. The van der Waals surface area contributed by atoms with Crippen LogP contribution in [-0.2, 0) is 0 Å². The molecule has 2 N–H and O–H groups in total. The highest BCUT2D eigenvalue weighted by atomic mass is 19.3. The van der Waals surface area contributed by atoms with Gasteiger partial charge in [-0.25, -0.2) is 18.6 Å². The summed E-state index contributed by atoms with van der Waals surface area (Å²) in [6.45, 7) is -1.61. The van der Waals surface area contributed by atoms with Crippen LogP contribution in [0, 0.1) is 10.1 Å². The molecule has 0 unspecified atom stereocenters. The van der Waals surface area contributed by atoms with Gasteiger partial charge in [0, 0.05) is 12.6 Å². The van der Waals surface area contributed by atoms with Gasteiger partial charge in [-0.05, 0) is 0 Å². The summed E-state index contributed by atoms with van der Waals surface area (Å²) in [5, 5.41) is 28.4. The first-order valence-corrected chi connectivity index (χ1v) is 5.38. The van der Waals surface area contributed by atoms with Crippen molar-refractivity contribution in [2.75, 3.05) is 24.6 Å². The summed E-state index contributed by atoms with van der Waals surface area (Å²) >= 11 is 0. The van der Waals surface area contributed by atoms with Gasteiger partial charge in [0.05, 0.1) is 18.1 Å². The van der Waals surface area contributed by atoms with Crippen molar-refractivity contribution in [3.05, 3.63) is 27.9 Å². The number of aromatic nitrogens is 1. The van der Waals surface area contributed by atoms with Crippen molar-refractivity contribution in [3.63, 3.8) is 0 Å². The zero-order valence-electron chi connectivity index (χ0n) is 10.1. The number of hydrogen-bond donors (Lipinski definition) is 2. The normalized spacial score (nSPS) is 10.6. The molecular formula is C10H11F2N3O5. The van der Waals surface area contributed by atoms with Crippen LogP contribution in [0.2, 0.25) is 0 Å². The van der Waals surface area contributed by atoms with E-state index in [2.05, 4.69) is 4.98 Å². The van der Waals surface area contributed by atoms with Crippen LogP contribution in [-0.4, -0.2) is 52.2 Å². The third kappa shape index (κ3) is 3.82. The van der Waals surface area contributed by atoms with Crippen LogP contribution in [0.15, 0.2) is 12.3 Å². The molecule has 1 rings (SSSR count). The van der Waals surface area contributed by atoms with Crippen molar-refractivity contribution in [2.24, 2.45) is 0 Å². The average molecular weight is 291 g/mol. The van der Waals surface area contributed by atoms with Crippen molar-refractivity contribution in [1.82, 2.24) is 4.98 Å². The monoisotopic (exact) mass is 291 g/mol. The molecule has 10 heteroatoms. The summed E-state index contributed by atoms with van der Waals surface area (Å²) < 4.78 is 24.9. The van der Waals surface area contributed by atoms with Crippen molar-refractivity contribution < 1.29 is 28.7 Å². The Morgan fingerprint density at radius 3 is 2.65 bits per heavy atom. The number of aliphatic hydroxyl groups excluding tert-OH is 1. The number of pyridine rings is 1. The first kappa shape index (κ1) is 15.7. The van der Waals surface area contributed by atoms with E-state index >= 15 is 0 Å². The Morgan fingerprint density at radius 1 is 1.55 bits per heavy atom. The summed E-state index contributed by atoms with van der Waals surface area (Å²) in [6, 6.07) is 0.737. The van der Waals surface area contributed by atoms with E-state index in [1.54, 1.807) is 0 Å². The zero-order chi connectivity index (χ0) is 15.3. The second kappa shape index (κ2) is 6.70. The van der Waals surface area contributed by atoms with Crippen LogP contribution in [0.1, 0.15) is 10.4 Å². The number of hydrogen-bond acceptors (Lipinski definition) is 6. The maximum absolute atomic E-state index is 12.4. The van der Waals surface area contributed by atoms with Gasteiger partial charge in [0.1, 0.15) is 17.6 Å². The van der Waals surface area contributed by atoms with Crippen LogP contribution in [0.4, 0.5) is 20.3 Å². The van der Waals surface area contributed by atoms with E-state index in [-0.39, 0.29) is 12.4 Å². The van der Waals surface area contributed by atoms with Gasteiger partial charge < -0.3 is 15.1 Å². The first-order valence-electron chi connectivity index (χ1n) is 5.38. The van der Waals surface area contributed by atoms with Crippen LogP contribution in [0.25, 0.3) is 0 Å². The molecule has 110 valence electrons. The molecule has 1 aromatic rings. The minimum absolute atomic E-state index is 0.268. The van der Waals surface area contributed by atoms with E-state index in [1.807, 2.05) is 0 Å². The molecule has 1 aromatic heterocycles. The highest BCUT2D eigenvalue weighted by Gasteiger charge is 2.23. The number of carbonyl (C=O) groups is 1. The maximum atomic E-state index is 12.4. The minimum atomic E-state index is -2.78. The number of anilines is 1. The average Bonchev–Trinajstić information content (AvgIpc) is 2.36. The Hall–Kier alpha value is -2.36. The van der Waals surface area contributed by atoms with E-state index < -0.39 is 41.7 Å². The van der Waals surface area contributed by atoms with Gasteiger partial charge in [0.25, 0.3) is 12.1 Å². The molecular weight excluding hydrogens is 280 g/mol. The number of carboxylic acid groups (broad SMARTS) is 1. The van der Waals surface area contributed by atoms with E-state index in [0.717, 1.165) is 17.2 Å². The van der Waals surface area contributed by atoms with E-state index in [1.165, 1.54) is 0 Å². The molecule has 0 saturated carbocycles. The molecule has 0 radical (unpaired) electrons. The molecule has 0 bridgehead atoms. The molecule has 0 fully saturated rings. The van der Waals surface area contributed by atoms with Crippen molar-refractivity contribution in [1.29, 1.82) is 0 Å². The number of aliphatic hydroxyl groups is 1. The van der Waals surface area contributed by atoms with E-state index in [0.29, 0.717) is 0 Å². The summed E-state index contributed by atoms with van der Waals surface area (Å²) in [5.74, 6) is -1.88. The largest absolute Gasteiger partial charge is 0.478 e. The molecule has 0 spiro atoms. The highest BCUT2D eigenvalue weighted by Crippen LogP contribution is 2.23. The van der Waals surface area contributed by atoms with Crippen molar-refractivity contribution in [2.45, 2.75) is 6.43 Å². The summed E-state index contributed by atoms with van der Waals surface area (Å²) in [5.41, 5.74) is -1.14. The number of nitro groups is 1. The Labute approximate surface area is 111 Å². The lowest BCUT2D eigenvalue weighted by Crippen LogP contribution is -2.33. The predicted octanol–water partition coefficient (Wildman–Crippen LogP) is 0.752. The third-order valence-electron chi connectivity index (χ3n) is 2.32. The second-order valence-electron chi connectivity index (χ2n) is 3.69. The first-order chi connectivity index (χ1) is 9.36. The molecule has 0 aromatic carbocycles. The SMILES string of the molecule is O=C(O)c1cc([N+](=O)[O-])cnc1N(CCO)CC(F)F. The van der Waals surface area contributed by atoms with Crippen molar-refractivity contribution >= 4 is 17.5 Å². The highest BCUT2D eigenvalue weighted by molar-refractivity contribution is 5.94. The van der Waals surface area contributed by atoms with Gasteiger partial charge >= 0.3 is 5.97 Å². The zero-order valence-corrected chi connectivity index (χ0v) is 10.1. The van der Waals surface area contributed by atoms with E-state index in [4.69, 9.17) is 10.2 Å². The minimum Gasteiger partial charge on any atom is -0.478 e. The molecule has 0 saturated heterocycles. The standard InChI is InChI=1S/C10H11F2N3O5/c11-8(12)5-14(1-2-16)9-7(10(17)18)3-6(4-13-9)15(19)20/h3-4,8,16H,1-2,5H2,(H,17,18). The molecule has 0 aliphatic heterocycles. The second-order valence-corrected chi connectivity index (χ2v) is 3.69.